The number of ether oxygens (including phenoxy) is 1. The molecule has 2 heterocycles. The van der Waals surface area contributed by atoms with Crippen LogP contribution in [-0.2, 0) is 24.8 Å². The quantitative estimate of drug-likeness (QED) is 0.765. The van der Waals surface area contributed by atoms with E-state index in [1.807, 2.05) is 0 Å². The first-order valence-electron chi connectivity index (χ1n) is 8.71. The molecule has 1 aliphatic rings. The van der Waals surface area contributed by atoms with Gasteiger partial charge in [-0.15, -0.1) is 0 Å². The van der Waals surface area contributed by atoms with Gasteiger partial charge in [-0.1, -0.05) is 0 Å². The second-order valence-corrected chi connectivity index (χ2v) is 7.29. The van der Waals surface area contributed by atoms with E-state index in [4.69, 9.17) is 14.9 Å². The Hall–Kier alpha value is -2.13. The number of carbonyl (C=O) groups excluding carboxylic acids is 2. The molecular weight excluding hydrogens is 340 g/mol. The van der Waals surface area contributed by atoms with Crippen LogP contribution >= 0.6 is 0 Å². The summed E-state index contributed by atoms with van der Waals surface area (Å²) in [6, 6.07) is 0. The molecule has 1 aromatic rings. The number of hydrogen-bond acceptors (Lipinski definition) is 6. The van der Waals surface area contributed by atoms with Crippen LogP contribution in [0.4, 0.5) is 4.79 Å². The lowest BCUT2D eigenvalue weighted by molar-refractivity contribution is 0.0221. The number of nitrogens with zero attached hydrogens (tertiary/aromatic N) is 4. The van der Waals surface area contributed by atoms with Gasteiger partial charge < -0.3 is 24.7 Å². The fourth-order valence-electron chi connectivity index (χ4n) is 2.95. The van der Waals surface area contributed by atoms with Crippen molar-refractivity contribution in [2.24, 2.45) is 7.05 Å². The summed E-state index contributed by atoms with van der Waals surface area (Å²) in [5, 5.41) is 22.6. The Morgan fingerprint density at radius 1 is 1.23 bits per heavy atom. The van der Waals surface area contributed by atoms with Gasteiger partial charge >= 0.3 is 6.09 Å². The minimum absolute atomic E-state index is 0.112. The highest BCUT2D eigenvalue weighted by Crippen LogP contribution is 2.24. The highest BCUT2D eigenvalue weighted by Gasteiger charge is 2.32. The number of fused-ring (bicyclic) bond motifs is 1. The molecule has 0 aliphatic carbocycles. The van der Waals surface area contributed by atoms with Crippen LogP contribution in [-0.4, -0.2) is 80.2 Å². The number of rotatable bonds is 5. The fourth-order valence-corrected chi connectivity index (χ4v) is 2.95. The zero-order chi connectivity index (χ0) is 19.5. The summed E-state index contributed by atoms with van der Waals surface area (Å²) in [6.07, 6.45) is 0.152. The maximum absolute atomic E-state index is 12.8. The lowest BCUT2D eigenvalue weighted by atomic mass is 10.0. The lowest BCUT2D eigenvalue weighted by Crippen LogP contribution is -2.41. The molecule has 1 aliphatic heterocycles. The first-order valence-corrected chi connectivity index (χ1v) is 8.71. The van der Waals surface area contributed by atoms with Crippen LogP contribution < -0.4 is 0 Å². The van der Waals surface area contributed by atoms with Crippen LogP contribution in [0.1, 0.15) is 42.5 Å². The van der Waals surface area contributed by atoms with Gasteiger partial charge in [0.15, 0.2) is 5.69 Å². The molecule has 9 heteroatoms. The summed E-state index contributed by atoms with van der Waals surface area (Å²) in [6.45, 7) is 5.97. The zero-order valence-corrected chi connectivity index (χ0v) is 15.9. The second-order valence-electron chi connectivity index (χ2n) is 7.29. The molecular formula is C17H28N4O5. The first-order chi connectivity index (χ1) is 12.2. The van der Waals surface area contributed by atoms with Crippen molar-refractivity contribution in [3.05, 3.63) is 17.0 Å². The van der Waals surface area contributed by atoms with Crippen molar-refractivity contribution in [3.8, 4) is 0 Å². The van der Waals surface area contributed by atoms with Gasteiger partial charge in [0.05, 0.1) is 19.8 Å². The molecule has 0 spiro atoms. The van der Waals surface area contributed by atoms with Crippen molar-refractivity contribution in [1.82, 2.24) is 19.6 Å². The Kier molecular flexibility index (Phi) is 6.25. The van der Waals surface area contributed by atoms with E-state index in [0.29, 0.717) is 18.5 Å². The van der Waals surface area contributed by atoms with Gasteiger partial charge in [0.1, 0.15) is 5.60 Å². The average Bonchev–Trinajstić information content (AvgIpc) is 2.89. The zero-order valence-electron chi connectivity index (χ0n) is 15.9. The second kappa shape index (κ2) is 8.05. The van der Waals surface area contributed by atoms with E-state index in [0.717, 1.165) is 5.69 Å². The topological polar surface area (TPSA) is 108 Å². The number of aliphatic hydroxyl groups excluding tert-OH is 2. The molecule has 0 saturated carbocycles. The summed E-state index contributed by atoms with van der Waals surface area (Å²) >= 11 is 0. The summed E-state index contributed by atoms with van der Waals surface area (Å²) in [4.78, 5) is 28.1. The monoisotopic (exact) mass is 368 g/mol. The van der Waals surface area contributed by atoms with Crippen LogP contribution in [0.25, 0.3) is 0 Å². The Labute approximate surface area is 153 Å². The van der Waals surface area contributed by atoms with Crippen LogP contribution in [0, 0.1) is 0 Å². The van der Waals surface area contributed by atoms with Crippen LogP contribution in [0.3, 0.4) is 0 Å². The number of aliphatic hydroxyl groups is 2. The summed E-state index contributed by atoms with van der Waals surface area (Å²) in [5.41, 5.74) is 1.25. The van der Waals surface area contributed by atoms with E-state index in [9.17, 15) is 9.59 Å². The van der Waals surface area contributed by atoms with Crippen molar-refractivity contribution in [1.29, 1.82) is 0 Å². The maximum Gasteiger partial charge on any atom is 0.410 e. The molecule has 0 radical (unpaired) electrons. The normalized spacial score (nSPS) is 14.2. The molecule has 1 aromatic heterocycles. The van der Waals surface area contributed by atoms with Crippen molar-refractivity contribution < 1.29 is 24.5 Å². The van der Waals surface area contributed by atoms with E-state index in [-0.39, 0.29) is 44.4 Å². The standard InChI is InChI=1S/C17H28N4O5/c1-17(2,3)26-16(25)21-6-5-13-12(11-21)14(18-19(13)4)15(24)20(7-9-22)8-10-23/h22-23H,5-11H2,1-4H3. The molecule has 2 N–H and O–H groups in total. The Morgan fingerprint density at radius 2 is 1.85 bits per heavy atom. The third kappa shape index (κ3) is 4.53. The minimum atomic E-state index is -0.593. The average molecular weight is 368 g/mol. The van der Waals surface area contributed by atoms with Crippen LogP contribution in [0.5, 0.6) is 0 Å². The highest BCUT2D eigenvalue weighted by molar-refractivity contribution is 5.94. The molecule has 0 saturated heterocycles. The van der Waals surface area contributed by atoms with Crippen molar-refractivity contribution in [2.75, 3.05) is 32.8 Å². The summed E-state index contributed by atoms with van der Waals surface area (Å²) in [5.74, 6) is -0.365. The maximum atomic E-state index is 12.8. The molecule has 2 rings (SSSR count). The van der Waals surface area contributed by atoms with Crippen molar-refractivity contribution in [3.63, 3.8) is 0 Å². The Bertz CT molecular complexity index is 659. The van der Waals surface area contributed by atoms with Gasteiger partial charge in [-0.2, -0.15) is 5.10 Å². The SMILES string of the molecule is Cn1nc(C(=O)N(CCO)CCO)c2c1CCN(C(=O)OC(C)(C)C)C2. The first kappa shape index (κ1) is 20.2. The summed E-state index contributed by atoms with van der Waals surface area (Å²) in [7, 11) is 1.77. The van der Waals surface area contributed by atoms with Crippen LogP contribution in [0.2, 0.25) is 0 Å². The number of hydrogen-bond donors (Lipinski definition) is 2. The lowest BCUT2D eigenvalue weighted by Gasteiger charge is -2.30. The van der Waals surface area contributed by atoms with Gasteiger partial charge in [0, 0.05) is 44.4 Å². The molecule has 9 nitrogen and oxygen atoms in total. The van der Waals surface area contributed by atoms with Crippen LogP contribution in [0.15, 0.2) is 0 Å². The Balaban J connectivity index is 2.26. The number of aromatic nitrogens is 2. The summed E-state index contributed by atoms with van der Waals surface area (Å²) < 4.78 is 7.08. The van der Waals surface area contributed by atoms with E-state index >= 15 is 0 Å². The highest BCUT2D eigenvalue weighted by atomic mass is 16.6. The third-order valence-electron chi connectivity index (χ3n) is 4.12. The third-order valence-corrected chi connectivity index (χ3v) is 4.12. The van der Waals surface area contributed by atoms with Gasteiger partial charge in [-0.05, 0) is 20.8 Å². The van der Waals surface area contributed by atoms with Gasteiger partial charge in [-0.3, -0.25) is 9.48 Å². The molecule has 0 bridgehead atoms. The molecule has 146 valence electrons. The molecule has 2 amide bonds. The molecule has 0 atom stereocenters. The molecule has 26 heavy (non-hydrogen) atoms. The molecule has 0 aromatic carbocycles. The van der Waals surface area contributed by atoms with Gasteiger partial charge in [0.2, 0.25) is 0 Å². The van der Waals surface area contributed by atoms with Crippen molar-refractivity contribution >= 4 is 12.0 Å². The molecule has 0 unspecified atom stereocenters. The van der Waals surface area contributed by atoms with E-state index in [2.05, 4.69) is 5.10 Å². The van der Waals surface area contributed by atoms with E-state index < -0.39 is 11.7 Å². The predicted molar refractivity (Wildman–Crippen MR) is 93.6 cm³/mol. The minimum Gasteiger partial charge on any atom is -0.444 e. The Morgan fingerprint density at radius 3 is 2.38 bits per heavy atom. The number of carbonyl (C=O) groups is 2. The van der Waals surface area contributed by atoms with E-state index in [1.54, 1.807) is 37.4 Å². The molecule has 0 fully saturated rings. The van der Waals surface area contributed by atoms with Crippen molar-refractivity contribution in [2.45, 2.75) is 39.3 Å². The smallest absolute Gasteiger partial charge is 0.410 e. The van der Waals surface area contributed by atoms with Gasteiger partial charge in [-0.25, -0.2) is 4.79 Å². The number of amides is 2. The largest absolute Gasteiger partial charge is 0.444 e. The predicted octanol–water partition coefficient (Wildman–Crippen LogP) is 0.140. The fraction of sp³-hybridized carbons (Fsp3) is 0.706. The van der Waals surface area contributed by atoms with E-state index in [1.165, 1.54) is 4.90 Å². The van der Waals surface area contributed by atoms with Gasteiger partial charge in [0.25, 0.3) is 5.91 Å². The number of aryl methyl sites for hydroxylation is 1.